The van der Waals surface area contributed by atoms with Crippen LogP contribution in [-0.2, 0) is 4.79 Å². The van der Waals surface area contributed by atoms with Crippen LogP contribution < -0.4 is 0 Å². The van der Waals surface area contributed by atoms with Crippen molar-refractivity contribution >= 4 is 12.0 Å². The maximum atomic E-state index is 12.2. The van der Waals surface area contributed by atoms with Crippen molar-refractivity contribution in [2.24, 2.45) is 0 Å². The molecule has 1 fully saturated rings. The van der Waals surface area contributed by atoms with E-state index in [1.165, 1.54) is 0 Å². The Bertz CT molecular complexity index is 669. The zero-order valence-electron chi connectivity index (χ0n) is 13.4. The van der Waals surface area contributed by atoms with Crippen LogP contribution in [0.15, 0.2) is 48.8 Å². The SMILES string of the molecule is CCN1CCN(C(=O)/C=C/c2cnn(-c3ccccc3)c2)CC1. The van der Waals surface area contributed by atoms with Crippen molar-refractivity contribution < 1.29 is 4.79 Å². The third kappa shape index (κ3) is 3.87. The maximum absolute atomic E-state index is 12.2. The predicted octanol–water partition coefficient (Wildman–Crippen LogP) is 2.05. The summed E-state index contributed by atoms with van der Waals surface area (Å²) in [6.07, 6.45) is 7.18. The van der Waals surface area contributed by atoms with Crippen LogP contribution in [0.25, 0.3) is 11.8 Å². The normalized spacial score (nSPS) is 16.1. The molecule has 0 bridgehead atoms. The molecular formula is C18H22N4O. The van der Waals surface area contributed by atoms with Gasteiger partial charge in [0.2, 0.25) is 5.91 Å². The van der Waals surface area contributed by atoms with Gasteiger partial charge in [0.05, 0.1) is 11.9 Å². The fourth-order valence-electron chi connectivity index (χ4n) is 2.70. The van der Waals surface area contributed by atoms with Gasteiger partial charge in [0.25, 0.3) is 0 Å². The molecule has 1 aromatic heterocycles. The van der Waals surface area contributed by atoms with Crippen LogP contribution in [0, 0.1) is 0 Å². The van der Waals surface area contributed by atoms with Crippen LogP contribution in [0.4, 0.5) is 0 Å². The first-order chi connectivity index (χ1) is 11.3. The quantitative estimate of drug-likeness (QED) is 0.812. The molecule has 0 saturated carbocycles. The van der Waals surface area contributed by atoms with Gasteiger partial charge in [0.15, 0.2) is 0 Å². The topological polar surface area (TPSA) is 41.4 Å². The number of piperazine rings is 1. The Kier molecular flexibility index (Phi) is 4.88. The molecule has 5 nitrogen and oxygen atoms in total. The Morgan fingerprint density at radius 2 is 1.91 bits per heavy atom. The summed E-state index contributed by atoms with van der Waals surface area (Å²) in [5.41, 5.74) is 1.93. The molecule has 2 heterocycles. The first-order valence-corrected chi connectivity index (χ1v) is 8.05. The molecule has 1 aromatic carbocycles. The summed E-state index contributed by atoms with van der Waals surface area (Å²) in [4.78, 5) is 16.5. The number of likely N-dealkylation sites (N-methyl/N-ethyl adjacent to an activating group) is 1. The molecule has 3 rings (SSSR count). The van der Waals surface area contributed by atoms with E-state index in [0.29, 0.717) is 0 Å². The Morgan fingerprint density at radius 3 is 2.61 bits per heavy atom. The van der Waals surface area contributed by atoms with Gasteiger partial charge in [-0.1, -0.05) is 25.1 Å². The van der Waals surface area contributed by atoms with E-state index in [4.69, 9.17) is 0 Å². The molecule has 1 aliphatic rings. The van der Waals surface area contributed by atoms with Gasteiger partial charge in [-0.25, -0.2) is 4.68 Å². The molecule has 1 aliphatic heterocycles. The van der Waals surface area contributed by atoms with Crippen molar-refractivity contribution in [2.75, 3.05) is 32.7 Å². The summed E-state index contributed by atoms with van der Waals surface area (Å²) in [7, 11) is 0. The van der Waals surface area contributed by atoms with Gasteiger partial charge in [-0.05, 0) is 24.8 Å². The number of amides is 1. The largest absolute Gasteiger partial charge is 0.337 e. The van der Waals surface area contributed by atoms with E-state index < -0.39 is 0 Å². The number of hydrogen-bond acceptors (Lipinski definition) is 3. The first-order valence-electron chi connectivity index (χ1n) is 8.05. The van der Waals surface area contributed by atoms with Gasteiger partial charge in [0.1, 0.15) is 0 Å². The number of carbonyl (C=O) groups excluding carboxylic acids is 1. The Morgan fingerprint density at radius 1 is 1.17 bits per heavy atom. The minimum absolute atomic E-state index is 0.0771. The van der Waals surface area contributed by atoms with Crippen molar-refractivity contribution in [1.29, 1.82) is 0 Å². The van der Waals surface area contributed by atoms with E-state index >= 15 is 0 Å². The van der Waals surface area contributed by atoms with E-state index in [0.717, 1.165) is 44.0 Å². The standard InChI is InChI=1S/C18H22N4O/c1-2-20-10-12-21(13-11-20)18(23)9-8-16-14-19-22(15-16)17-6-4-3-5-7-17/h3-9,14-15H,2,10-13H2,1H3/b9-8+. The Hall–Kier alpha value is -2.40. The minimum atomic E-state index is 0.0771. The third-order valence-corrected chi connectivity index (χ3v) is 4.17. The maximum Gasteiger partial charge on any atom is 0.246 e. The lowest BCUT2D eigenvalue weighted by Crippen LogP contribution is -2.48. The van der Waals surface area contributed by atoms with Gasteiger partial charge in [-0.2, -0.15) is 5.10 Å². The van der Waals surface area contributed by atoms with Crippen LogP contribution >= 0.6 is 0 Å². The average Bonchev–Trinajstić information content (AvgIpc) is 3.09. The smallest absolute Gasteiger partial charge is 0.246 e. The number of nitrogens with zero attached hydrogens (tertiary/aromatic N) is 4. The van der Waals surface area contributed by atoms with E-state index in [9.17, 15) is 4.79 Å². The van der Waals surface area contributed by atoms with Crippen molar-refractivity contribution in [2.45, 2.75) is 6.92 Å². The van der Waals surface area contributed by atoms with Gasteiger partial charge in [-0.15, -0.1) is 0 Å². The van der Waals surface area contributed by atoms with Crippen LogP contribution in [0.5, 0.6) is 0 Å². The second kappa shape index (κ2) is 7.24. The highest BCUT2D eigenvalue weighted by atomic mass is 16.2. The Balaban J connectivity index is 1.60. The minimum Gasteiger partial charge on any atom is -0.337 e. The lowest BCUT2D eigenvalue weighted by Gasteiger charge is -2.33. The molecule has 120 valence electrons. The van der Waals surface area contributed by atoms with Crippen LogP contribution in [0.2, 0.25) is 0 Å². The predicted molar refractivity (Wildman–Crippen MR) is 91.3 cm³/mol. The number of benzene rings is 1. The highest BCUT2D eigenvalue weighted by Crippen LogP contribution is 2.09. The second-order valence-electron chi connectivity index (χ2n) is 5.65. The Labute approximate surface area is 136 Å². The van der Waals surface area contributed by atoms with Crippen LogP contribution in [0.1, 0.15) is 12.5 Å². The monoisotopic (exact) mass is 310 g/mol. The summed E-state index contributed by atoms with van der Waals surface area (Å²) >= 11 is 0. The molecule has 1 amide bonds. The summed E-state index contributed by atoms with van der Waals surface area (Å²) in [5.74, 6) is 0.0771. The molecule has 2 aromatic rings. The molecule has 0 radical (unpaired) electrons. The number of rotatable bonds is 4. The lowest BCUT2D eigenvalue weighted by molar-refractivity contribution is -0.127. The molecule has 23 heavy (non-hydrogen) atoms. The van der Waals surface area contributed by atoms with Crippen molar-refractivity contribution in [3.8, 4) is 5.69 Å². The summed E-state index contributed by atoms with van der Waals surface area (Å²) < 4.78 is 1.81. The van der Waals surface area contributed by atoms with Crippen molar-refractivity contribution in [3.63, 3.8) is 0 Å². The van der Waals surface area contributed by atoms with E-state index in [1.54, 1.807) is 12.3 Å². The van der Waals surface area contributed by atoms with Crippen molar-refractivity contribution in [1.82, 2.24) is 19.6 Å². The molecule has 0 unspecified atom stereocenters. The summed E-state index contributed by atoms with van der Waals surface area (Å²) in [6, 6.07) is 9.93. The highest BCUT2D eigenvalue weighted by molar-refractivity contribution is 5.91. The molecule has 5 heteroatoms. The number of carbonyl (C=O) groups is 1. The summed E-state index contributed by atoms with van der Waals surface area (Å²) in [5, 5.41) is 4.33. The van der Waals surface area contributed by atoms with Crippen LogP contribution in [-0.4, -0.2) is 58.2 Å². The fourth-order valence-corrected chi connectivity index (χ4v) is 2.70. The van der Waals surface area contributed by atoms with Crippen molar-refractivity contribution in [3.05, 3.63) is 54.4 Å². The average molecular weight is 310 g/mol. The molecule has 0 spiro atoms. The molecule has 1 saturated heterocycles. The van der Waals surface area contributed by atoms with Gasteiger partial charge in [-0.3, -0.25) is 4.79 Å². The van der Waals surface area contributed by atoms with E-state index in [-0.39, 0.29) is 5.91 Å². The molecular weight excluding hydrogens is 288 g/mol. The number of para-hydroxylation sites is 1. The first kappa shape index (κ1) is 15.5. The zero-order valence-corrected chi connectivity index (χ0v) is 13.4. The molecule has 0 N–H and O–H groups in total. The van der Waals surface area contributed by atoms with Gasteiger partial charge < -0.3 is 9.80 Å². The highest BCUT2D eigenvalue weighted by Gasteiger charge is 2.18. The van der Waals surface area contributed by atoms with E-state index in [1.807, 2.05) is 52.2 Å². The second-order valence-corrected chi connectivity index (χ2v) is 5.65. The van der Waals surface area contributed by atoms with Gasteiger partial charge >= 0.3 is 0 Å². The van der Waals surface area contributed by atoms with Crippen LogP contribution in [0.3, 0.4) is 0 Å². The van der Waals surface area contributed by atoms with Gasteiger partial charge in [0, 0.05) is 44.0 Å². The fraction of sp³-hybridized carbons (Fsp3) is 0.333. The molecule has 0 aliphatic carbocycles. The lowest BCUT2D eigenvalue weighted by atomic mass is 10.2. The molecule has 0 atom stereocenters. The third-order valence-electron chi connectivity index (χ3n) is 4.17. The van der Waals surface area contributed by atoms with E-state index in [2.05, 4.69) is 16.9 Å². The number of hydrogen-bond donors (Lipinski definition) is 0. The number of aromatic nitrogens is 2. The zero-order chi connectivity index (χ0) is 16.1. The summed E-state index contributed by atoms with van der Waals surface area (Å²) in [6.45, 7) is 6.74.